The molecule has 0 unspecified atom stereocenters. The molecule has 0 fully saturated rings. The number of hydrogen-bond donors (Lipinski definition) is 0. The number of rotatable bonds is 5. The van der Waals surface area contributed by atoms with Gasteiger partial charge in [0.2, 0.25) is 0 Å². The molecule has 0 heterocycles. The third kappa shape index (κ3) is 3.72. The summed E-state index contributed by atoms with van der Waals surface area (Å²) in [6, 6.07) is 41.5. The molecule has 4 rings (SSSR count). The number of benzene rings is 4. The van der Waals surface area contributed by atoms with Gasteiger partial charge in [-0.05, 0) is 48.5 Å². The normalized spacial score (nSPS) is 11.3. The molecule has 0 aliphatic heterocycles. The maximum atomic E-state index is 2.45. The smallest absolute Gasteiger partial charge is 0.0859 e. The Labute approximate surface area is 166 Å². The van der Waals surface area contributed by atoms with Crippen molar-refractivity contribution in [3.8, 4) is 0 Å². The zero-order chi connectivity index (χ0) is 18.5. The lowest BCUT2D eigenvalue weighted by molar-refractivity contribution is 1.43. The molecule has 132 valence electrons. The maximum absolute atomic E-state index is 2.45. The van der Waals surface area contributed by atoms with Crippen molar-refractivity contribution < 1.29 is 0 Å². The zero-order valence-corrected chi connectivity index (χ0v) is 17.0. The summed E-state index contributed by atoms with van der Waals surface area (Å²) in [6.07, 6.45) is 0. The summed E-state index contributed by atoms with van der Waals surface area (Å²) >= 11 is 1.86. The quantitative estimate of drug-likeness (QED) is 0.394. The molecule has 2 heteroatoms. The molecule has 0 amide bonds. The van der Waals surface area contributed by atoms with Gasteiger partial charge in [0.05, 0.1) is 11.6 Å². The van der Waals surface area contributed by atoms with Crippen molar-refractivity contribution in [1.82, 2.24) is 0 Å². The lowest BCUT2D eigenvalue weighted by atomic mass is 10.3. The topological polar surface area (TPSA) is 0 Å². The van der Waals surface area contributed by atoms with Crippen LogP contribution in [-0.4, -0.2) is 6.66 Å². The lowest BCUT2D eigenvalue weighted by Crippen LogP contribution is -2.31. The van der Waals surface area contributed by atoms with Crippen LogP contribution in [0.5, 0.6) is 0 Å². The van der Waals surface area contributed by atoms with Crippen LogP contribution in [0, 0.1) is 0 Å². The summed E-state index contributed by atoms with van der Waals surface area (Å²) in [4.78, 5) is 2.62. The van der Waals surface area contributed by atoms with Crippen molar-refractivity contribution in [3.63, 3.8) is 0 Å². The highest BCUT2D eigenvalue weighted by Crippen LogP contribution is 2.53. The first-order valence-electron chi connectivity index (χ1n) is 9.09. The Balaban J connectivity index is 1.90. The molecule has 0 nitrogen and oxygen atoms in total. The molecule has 0 radical (unpaired) electrons. The second-order valence-electron chi connectivity index (χ2n) is 6.56. The highest BCUT2D eigenvalue weighted by Gasteiger charge is 2.41. The highest BCUT2D eigenvalue weighted by atomic mass is 32.2. The molecular formula is C25H22PS+. The molecule has 4 aromatic rings. The molecular weight excluding hydrogens is 363 g/mol. The van der Waals surface area contributed by atoms with Crippen LogP contribution in [0.4, 0.5) is 0 Å². The molecule has 0 saturated heterocycles. The Morgan fingerprint density at radius 2 is 0.963 bits per heavy atom. The van der Waals surface area contributed by atoms with Gasteiger partial charge in [-0.2, -0.15) is 0 Å². The first-order valence-corrected chi connectivity index (χ1v) is 12.1. The van der Waals surface area contributed by atoms with Gasteiger partial charge in [0.15, 0.2) is 0 Å². The third-order valence-electron chi connectivity index (χ3n) is 4.86. The fourth-order valence-corrected chi connectivity index (χ4v) is 8.25. The second-order valence-corrected chi connectivity index (χ2v) is 11.2. The molecule has 0 aliphatic rings. The van der Waals surface area contributed by atoms with Gasteiger partial charge in [0, 0.05) is 4.90 Å². The van der Waals surface area contributed by atoms with E-state index < -0.39 is 7.26 Å². The van der Waals surface area contributed by atoms with Crippen molar-refractivity contribution in [2.75, 3.05) is 6.66 Å². The fraction of sp³-hybridized carbons (Fsp3) is 0.0400. The fourth-order valence-electron chi connectivity index (χ4n) is 3.41. The van der Waals surface area contributed by atoms with E-state index in [-0.39, 0.29) is 0 Å². The average Bonchev–Trinajstić information content (AvgIpc) is 2.75. The van der Waals surface area contributed by atoms with Gasteiger partial charge in [-0.3, -0.25) is 0 Å². The van der Waals surface area contributed by atoms with E-state index >= 15 is 0 Å². The first-order chi connectivity index (χ1) is 13.3. The van der Waals surface area contributed by atoms with Gasteiger partial charge in [0.1, 0.15) is 23.2 Å². The van der Waals surface area contributed by atoms with Crippen LogP contribution in [-0.2, 0) is 0 Å². The minimum Gasteiger partial charge on any atom is -0.0859 e. The standard InChI is InChI=1S/C25H22PS/c1-26(21-13-5-2-6-14-21,22-15-7-3-8-16-22)24-19-11-12-20-25(24)27-23-17-9-4-10-18-23/h2-20H,1H3/q+1. The van der Waals surface area contributed by atoms with E-state index in [0.717, 1.165) is 0 Å². The zero-order valence-electron chi connectivity index (χ0n) is 15.3. The minimum atomic E-state index is -1.72. The third-order valence-corrected chi connectivity index (χ3v) is 10.1. The molecule has 0 aromatic heterocycles. The van der Waals surface area contributed by atoms with Gasteiger partial charge in [-0.1, -0.05) is 78.5 Å². The van der Waals surface area contributed by atoms with Crippen molar-refractivity contribution in [1.29, 1.82) is 0 Å². The summed E-state index contributed by atoms with van der Waals surface area (Å²) in [5.41, 5.74) is 0. The summed E-state index contributed by atoms with van der Waals surface area (Å²) in [7, 11) is -1.72. The van der Waals surface area contributed by atoms with Crippen LogP contribution in [0.15, 0.2) is 125 Å². The summed E-state index contributed by atoms with van der Waals surface area (Å²) in [6.45, 7) is 2.45. The van der Waals surface area contributed by atoms with Crippen molar-refractivity contribution >= 4 is 34.9 Å². The van der Waals surface area contributed by atoms with E-state index in [9.17, 15) is 0 Å². The van der Waals surface area contributed by atoms with E-state index in [2.05, 4.69) is 122 Å². The van der Waals surface area contributed by atoms with Crippen molar-refractivity contribution in [2.45, 2.75) is 9.79 Å². The van der Waals surface area contributed by atoms with Gasteiger partial charge in [-0.15, -0.1) is 0 Å². The van der Waals surface area contributed by atoms with E-state index in [1.807, 2.05) is 11.8 Å². The van der Waals surface area contributed by atoms with Crippen LogP contribution < -0.4 is 15.9 Å². The van der Waals surface area contributed by atoms with Crippen LogP contribution in [0.25, 0.3) is 0 Å². The predicted molar refractivity (Wildman–Crippen MR) is 122 cm³/mol. The van der Waals surface area contributed by atoms with E-state index in [0.29, 0.717) is 0 Å². The highest BCUT2D eigenvalue weighted by molar-refractivity contribution is 8.01. The molecule has 0 aliphatic carbocycles. The van der Waals surface area contributed by atoms with Gasteiger partial charge in [0.25, 0.3) is 0 Å². The Bertz CT molecular complexity index is 958. The van der Waals surface area contributed by atoms with Crippen molar-refractivity contribution in [3.05, 3.63) is 115 Å². The van der Waals surface area contributed by atoms with E-state index in [1.165, 1.54) is 25.7 Å². The largest absolute Gasteiger partial charge is 0.118 e. The van der Waals surface area contributed by atoms with Gasteiger partial charge >= 0.3 is 0 Å². The van der Waals surface area contributed by atoms with Gasteiger partial charge < -0.3 is 0 Å². The second kappa shape index (κ2) is 8.13. The first kappa shape index (κ1) is 18.0. The summed E-state index contributed by atoms with van der Waals surface area (Å²) in [5.74, 6) is 0. The Kier molecular flexibility index (Phi) is 5.43. The van der Waals surface area contributed by atoms with Crippen molar-refractivity contribution in [2.24, 2.45) is 0 Å². The van der Waals surface area contributed by atoms with E-state index in [1.54, 1.807) is 0 Å². The molecule has 0 atom stereocenters. The molecule has 4 aromatic carbocycles. The Morgan fingerprint density at radius 3 is 1.52 bits per heavy atom. The molecule has 0 bridgehead atoms. The molecule has 0 saturated carbocycles. The van der Waals surface area contributed by atoms with Crippen LogP contribution in [0.1, 0.15) is 0 Å². The molecule has 0 N–H and O–H groups in total. The Hall–Kier alpha value is -2.34. The summed E-state index contributed by atoms with van der Waals surface area (Å²) < 4.78 is 0. The minimum absolute atomic E-state index is 1.28. The SMILES string of the molecule is C[P+](c1ccccc1)(c1ccccc1)c1ccccc1Sc1ccccc1. The Morgan fingerprint density at radius 1 is 0.519 bits per heavy atom. The van der Waals surface area contributed by atoms with Crippen LogP contribution in [0.3, 0.4) is 0 Å². The monoisotopic (exact) mass is 385 g/mol. The number of hydrogen-bond acceptors (Lipinski definition) is 1. The van der Waals surface area contributed by atoms with Crippen LogP contribution in [0.2, 0.25) is 0 Å². The lowest BCUT2D eigenvalue weighted by Gasteiger charge is -2.25. The van der Waals surface area contributed by atoms with Crippen LogP contribution >= 0.6 is 19.0 Å². The van der Waals surface area contributed by atoms with Gasteiger partial charge in [-0.25, -0.2) is 0 Å². The molecule has 0 spiro atoms. The molecule has 27 heavy (non-hydrogen) atoms. The predicted octanol–water partition coefficient (Wildman–Crippen LogP) is 5.76. The van der Waals surface area contributed by atoms with E-state index in [4.69, 9.17) is 0 Å². The average molecular weight is 385 g/mol. The maximum Gasteiger partial charge on any atom is 0.118 e. The summed E-state index contributed by atoms with van der Waals surface area (Å²) in [5, 5.41) is 4.27.